The lowest BCUT2D eigenvalue weighted by atomic mass is 9.93. The topological polar surface area (TPSA) is 71.0 Å². The molecular formula is C24H35ClN2O4. The molecule has 1 aliphatic carbocycles. The predicted molar refractivity (Wildman–Crippen MR) is 120 cm³/mol. The Bertz CT molecular complexity index is 710. The minimum atomic E-state index is -0.446. The first-order valence-corrected chi connectivity index (χ1v) is 12.1. The van der Waals surface area contributed by atoms with E-state index in [1.54, 1.807) is 0 Å². The molecule has 2 N–H and O–H groups in total. The Morgan fingerprint density at radius 2 is 1.90 bits per heavy atom. The van der Waals surface area contributed by atoms with Gasteiger partial charge in [-0.1, -0.05) is 36.6 Å². The van der Waals surface area contributed by atoms with Crippen molar-refractivity contribution in [2.24, 2.45) is 5.92 Å². The maximum Gasteiger partial charge on any atom is 0.222 e. The average Bonchev–Trinajstić information content (AvgIpc) is 3.25. The van der Waals surface area contributed by atoms with Gasteiger partial charge in [0.2, 0.25) is 5.91 Å². The molecular weight excluding hydrogens is 416 g/mol. The molecule has 0 radical (unpaired) electrons. The number of halogens is 1. The Morgan fingerprint density at radius 3 is 2.68 bits per heavy atom. The minimum absolute atomic E-state index is 0.00314. The van der Waals surface area contributed by atoms with Crippen molar-refractivity contribution in [3.05, 3.63) is 34.9 Å². The van der Waals surface area contributed by atoms with E-state index in [1.807, 2.05) is 24.3 Å². The Kier molecular flexibility index (Phi) is 8.24. The fourth-order valence-corrected chi connectivity index (χ4v) is 5.39. The number of carbonyl (C=O) groups excluding carboxylic acids is 1. The third-order valence-corrected chi connectivity index (χ3v) is 7.12. The molecule has 6 nitrogen and oxygen atoms in total. The molecule has 3 fully saturated rings. The molecule has 0 spiro atoms. The summed E-state index contributed by atoms with van der Waals surface area (Å²) in [5, 5.41) is 14.0. The summed E-state index contributed by atoms with van der Waals surface area (Å²) in [5.74, 6) is 0.730. The maximum absolute atomic E-state index is 12.5. The number of amides is 1. The summed E-state index contributed by atoms with van der Waals surface area (Å²) in [4.78, 5) is 14.9. The summed E-state index contributed by atoms with van der Waals surface area (Å²) in [6.07, 6.45) is 6.83. The van der Waals surface area contributed by atoms with Gasteiger partial charge in [-0.05, 0) is 49.3 Å². The number of aliphatic hydroxyl groups is 1. The molecule has 1 saturated carbocycles. The number of β-amino-alcohol motifs (C(OH)–C–C–N with tert-alkyl or cyclic N) is 1. The molecule has 0 bridgehead atoms. The van der Waals surface area contributed by atoms with Gasteiger partial charge in [0.25, 0.3) is 0 Å². The van der Waals surface area contributed by atoms with Gasteiger partial charge in [0.1, 0.15) is 0 Å². The van der Waals surface area contributed by atoms with E-state index in [9.17, 15) is 9.90 Å². The van der Waals surface area contributed by atoms with Crippen molar-refractivity contribution < 1.29 is 19.4 Å². The number of benzene rings is 1. The van der Waals surface area contributed by atoms with E-state index in [0.717, 1.165) is 30.9 Å². The number of rotatable bonds is 6. The van der Waals surface area contributed by atoms with E-state index in [-0.39, 0.29) is 24.2 Å². The number of ether oxygens (including phenoxy) is 2. The summed E-state index contributed by atoms with van der Waals surface area (Å²) in [5.41, 5.74) is 1.02. The molecule has 0 aromatic heterocycles. The molecule has 3 aliphatic rings. The highest BCUT2D eigenvalue weighted by molar-refractivity contribution is 6.30. The molecule has 1 aromatic carbocycles. The largest absolute Gasteiger partial charge is 0.389 e. The van der Waals surface area contributed by atoms with Crippen molar-refractivity contribution >= 4 is 17.5 Å². The summed E-state index contributed by atoms with van der Waals surface area (Å²) < 4.78 is 12.1. The fourth-order valence-electron chi connectivity index (χ4n) is 5.26. The van der Waals surface area contributed by atoms with E-state index in [4.69, 9.17) is 21.1 Å². The lowest BCUT2D eigenvalue weighted by Crippen LogP contribution is -2.56. The lowest BCUT2D eigenvalue weighted by molar-refractivity contribution is -0.158. The summed E-state index contributed by atoms with van der Waals surface area (Å²) in [6.45, 7) is 3.00. The van der Waals surface area contributed by atoms with E-state index in [1.165, 1.54) is 25.7 Å². The molecule has 1 aromatic rings. The highest BCUT2D eigenvalue weighted by atomic mass is 35.5. The lowest BCUT2D eigenvalue weighted by Gasteiger charge is -2.45. The van der Waals surface area contributed by atoms with Crippen LogP contribution in [0.15, 0.2) is 24.3 Å². The molecule has 4 rings (SSSR count). The van der Waals surface area contributed by atoms with Gasteiger partial charge in [-0.25, -0.2) is 0 Å². The molecule has 2 saturated heterocycles. The SMILES string of the molecule is O=C(C[C@@H]1CC[C@@H]2[C@H](COC[C@@H](O)CN2CC2CCCC2)O1)NCc1ccc(Cl)cc1. The van der Waals surface area contributed by atoms with Crippen LogP contribution in [0.4, 0.5) is 0 Å². The molecule has 1 amide bonds. The van der Waals surface area contributed by atoms with E-state index in [0.29, 0.717) is 37.7 Å². The van der Waals surface area contributed by atoms with E-state index >= 15 is 0 Å². The average molecular weight is 451 g/mol. The molecule has 0 unspecified atom stereocenters. The van der Waals surface area contributed by atoms with Crippen LogP contribution in [0.5, 0.6) is 0 Å². The van der Waals surface area contributed by atoms with Crippen LogP contribution in [0.1, 0.15) is 50.5 Å². The number of nitrogens with zero attached hydrogens (tertiary/aromatic N) is 1. The minimum Gasteiger partial charge on any atom is -0.389 e. The molecule has 31 heavy (non-hydrogen) atoms. The van der Waals surface area contributed by atoms with E-state index < -0.39 is 6.10 Å². The van der Waals surface area contributed by atoms with Gasteiger partial charge in [0.15, 0.2) is 0 Å². The standard InChI is InChI=1S/C24H35ClN2O4/c25-19-7-5-17(6-8-19)12-26-24(29)11-21-9-10-22-23(31-21)16-30-15-20(28)14-27(22)13-18-3-1-2-4-18/h5-8,18,20-23,28H,1-4,9-16H2,(H,26,29)/t20-,21-,22+,23-/m0/s1. The summed E-state index contributed by atoms with van der Waals surface area (Å²) >= 11 is 5.91. The first kappa shape index (κ1) is 23.0. The van der Waals surface area contributed by atoms with Crippen LogP contribution in [-0.4, -0.2) is 66.6 Å². The van der Waals surface area contributed by atoms with Gasteiger partial charge in [-0.3, -0.25) is 9.69 Å². The van der Waals surface area contributed by atoms with Crippen molar-refractivity contribution in [3.8, 4) is 0 Å². The third kappa shape index (κ3) is 6.65. The van der Waals surface area contributed by atoms with Crippen LogP contribution in [0.3, 0.4) is 0 Å². The van der Waals surface area contributed by atoms with Gasteiger partial charge >= 0.3 is 0 Å². The van der Waals surface area contributed by atoms with Crippen LogP contribution in [0.25, 0.3) is 0 Å². The summed E-state index contributed by atoms with van der Waals surface area (Å²) in [7, 11) is 0. The number of hydrogen-bond donors (Lipinski definition) is 2. The normalized spacial score (nSPS) is 30.4. The molecule has 172 valence electrons. The molecule has 7 heteroatoms. The van der Waals surface area contributed by atoms with Crippen molar-refractivity contribution in [2.45, 2.75) is 75.8 Å². The number of hydrogen-bond acceptors (Lipinski definition) is 5. The number of carbonyl (C=O) groups is 1. The highest BCUT2D eigenvalue weighted by Crippen LogP contribution is 2.31. The van der Waals surface area contributed by atoms with E-state index in [2.05, 4.69) is 10.2 Å². The Morgan fingerprint density at radius 1 is 1.13 bits per heavy atom. The van der Waals surface area contributed by atoms with Crippen LogP contribution < -0.4 is 5.32 Å². The van der Waals surface area contributed by atoms with Crippen molar-refractivity contribution in [1.29, 1.82) is 0 Å². The van der Waals surface area contributed by atoms with Crippen LogP contribution in [-0.2, 0) is 20.8 Å². The number of nitrogens with one attached hydrogen (secondary N) is 1. The van der Waals surface area contributed by atoms with Crippen molar-refractivity contribution in [1.82, 2.24) is 10.2 Å². The number of fused-ring (bicyclic) bond motifs is 1. The van der Waals surface area contributed by atoms with Crippen LogP contribution in [0.2, 0.25) is 5.02 Å². The molecule has 4 atom stereocenters. The van der Waals surface area contributed by atoms with Gasteiger partial charge in [-0.2, -0.15) is 0 Å². The zero-order chi connectivity index (χ0) is 21.6. The quantitative estimate of drug-likeness (QED) is 0.696. The second-order valence-corrected chi connectivity index (χ2v) is 9.78. The van der Waals surface area contributed by atoms with Gasteiger partial charge < -0.3 is 19.9 Å². The zero-order valence-corrected chi connectivity index (χ0v) is 18.9. The van der Waals surface area contributed by atoms with Gasteiger partial charge in [-0.15, -0.1) is 0 Å². The molecule has 2 heterocycles. The third-order valence-electron chi connectivity index (χ3n) is 6.87. The number of aliphatic hydroxyl groups excluding tert-OH is 1. The van der Waals surface area contributed by atoms with Crippen LogP contribution in [0, 0.1) is 5.92 Å². The van der Waals surface area contributed by atoms with Gasteiger partial charge in [0, 0.05) is 30.7 Å². The zero-order valence-electron chi connectivity index (χ0n) is 18.2. The first-order chi connectivity index (χ1) is 15.1. The highest BCUT2D eigenvalue weighted by Gasteiger charge is 2.38. The Hall–Kier alpha value is -1.18. The smallest absolute Gasteiger partial charge is 0.222 e. The maximum atomic E-state index is 12.5. The second-order valence-electron chi connectivity index (χ2n) is 9.34. The molecule has 2 aliphatic heterocycles. The predicted octanol–water partition coefficient (Wildman–Crippen LogP) is 3.15. The Balaban J connectivity index is 1.29. The second kappa shape index (κ2) is 11.1. The first-order valence-electron chi connectivity index (χ1n) is 11.7. The van der Waals surface area contributed by atoms with Crippen molar-refractivity contribution in [2.75, 3.05) is 26.3 Å². The Labute approximate surface area is 190 Å². The fraction of sp³-hybridized carbons (Fsp3) is 0.708. The van der Waals surface area contributed by atoms with Crippen LogP contribution >= 0.6 is 11.6 Å². The monoisotopic (exact) mass is 450 g/mol. The summed E-state index contributed by atoms with van der Waals surface area (Å²) in [6, 6.07) is 7.75. The van der Waals surface area contributed by atoms with Gasteiger partial charge in [0.05, 0.1) is 37.9 Å². The van der Waals surface area contributed by atoms with Crippen molar-refractivity contribution in [3.63, 3.8) is 0 Å².